The summed E-state index contributed by atoms with van der Waals surface area (Å²) in [7, 11) is 1.72. The Bertz CT molecular complexity index is 800. The number of benzene rings is 1. The number of methoxy groups -OCH3 is 1. The second kappa shape index (κ2) is 10.4. The summed E-state index contributed by atoms with van der Waals surface area (Å²) in [6.45, 7) is 11.7. The van der Waals surface area contributed by atoms with Crippen LogP contribution in [0.25, 0.3) is 0 Å². The van der Waals surface area contributed by atoms with Crippen LogP contribution in [0.15, 0.2) is 29.3 Å². The van der Waals surface area contributed by atoms with Crippen molar-refractivity contribution >= 4 is 22.6 Å². The first kappa shape index (κ1) is 21.4. The monoisotopic (exact) mass is 416 g/mol. The lowest BCUT2D eigenvalue weighted by molar-refractivity contribution is 0.371. The van der Waals surface area contributed by atoms with E-state index >= 15 is 0 Å². The van der Waals surface area contributed by atoms with E-state index in [-0.39, 0.29) is 5.92 Å². The van der Waals surface area contributed by atoms with Crippen LogP contribution in [0.3, 0.4) is 0 Å². The first-order chi connectivity index (χ1) is 14.2. The Morgan fingerprint density at radius 2 is 2.00 bits per heavy atom. The Kier molecular flexibility index (Phi) is 7.69. The molecule has 0 bridgehead atoms. The molecule has 1 atom stereocenters. The number of rotatable bonds is 7. The third kappa shape index (κ3) is 5.38. The molecule has 2 aromatic rings. The second-order valence-corrected chi connectivity index (χ2v) is 7.89. The van der Waals surface area contributed by atoms with Gasteiger partial charge in [0.1, 0.15) is 11.6 Å². The fourth-order valence-electron chi connectivity index (χ4n) is 3.45. The number of aliphatic imine (C=N–C) groups is 1. The molecule has 0 spiro atoms. The molecule has 1 unspecified atom stereocenters. The fraction of sp³-hybridized carbons (Fsp3) is 0.571. The van der Waals surface area contributed by atoms with Crippen LogP contribution >= 0.6 is 11.5 Å². The molecule has 0 radical (unpaired) electrons. The first-order valence-electron chi connectivity index (χ1n) is 10.4. The average Bonchev–Trinajstić information content (AvgIpc) is 3.26. The highest BCUT2D eigenvalue weighted by Gasteiger charge is 2.22. The molecule has 29 heavy (non-hydrogen) atoms. The molecule has 1 aliphatic heterocycles. The molecular weight excluding hydrogens is 384 g/mol. The van der Waals surface area contributed by atoms with Gasteiger partial charge in [0.25, 0.3) is 0 Å². The SMILES string of the molecule is CCNC(=NCC(C)c1ccccc1OC)N1CCN(c2nc(CC)ns2)CC1. The summed E-state index contributed by atoms with van der Waals surface area (Å²) in [5.74, 6) is 3.14. The number of hydrogen-bond donors (Lipinski definition) is 1. The molecule has 1 fully saturated rings. The van der Waals surface area contributed by atoms with Gasteiger partial charge in [0, 0.05) is 63.1 Å². The van der Waals surface area contributed by atoms with Crippen molar-refractivity contribution < 1.29 is 4.74 Å². The van der Waals surface area contributed by atoms with E-state index in [4.69, 9.17) is 9.73 Å². The number of piperazine rings is 1. The Balaban J connectivity index is 1.62. The van der Waals surface area contributed by atoms with Crippen LogP contribution in [0.1, 0.15) is 38.1 Å². The smallest absolute Gasteiger partial charge is 0.205 e. The zero-order valence-corrected chi connectivity index (χ0v) is 18.7. The number of aryl methyl sites for hydroxylation is 1. The van der Waals surface area contributed by atoms with E-state index in [2.05, 4.69) is 57.4 Å². The van der Waals surface area contributed by atoms with Gasteiger partial charge in [-0.2, -0.15) is 4.37 Å². The molecule has 8 heteroatoms. The van der Waals surface area contributed by atoms with Crippen LogP contribution in [-0.4, -0.2) is 66.6 Å². The highest BCUT2D eigenvalue weighted by molar-refractivity contribution is 7.09. The summed E-state index contributed by atoms with van der Waals surface area (Å²) < 4.78 is 9.92. The number of hydrogen-bond acceptors (Lipinski definition) is 6. The maximum Gasteiger partial charge on any atom is 0.205 e. The van der Waals surface area contributed by atoms with Crippen LogP contribution in [0.4, 0.5) is 5.13 Å². The molecule has 3 rings (SSSR count). The lowest BCUT2D eigenvalue weighted by Gasteiger charge is -2.36. The average molecular weight is 417 g/mol. The quantitative estimate of drug-likeness (QED) is 0.553. The molecule has 1 N–H and O–H groups in total. The highest BCUT2D eigenvalue weighted by Crippen LogP contribution is 2.26. The highest BCUT2D eigenvalue weighted by atomic mass is 32.1. The van der Waals surface area contributed by atoms with Gasteiger partial charge in [-0.15, -0.1) is 0 Å². The van der Waals surface area contributed by atoms with Gasteiger partial charge in [0.15, 0.2) is 5.96 Å². The maximum atomic E-state index is 5.51. The number of para-hydroxylation sites is 1. The van der Waals surface area contributed by atoms with Crippen LogP contribution in [0.2, 0.25) is 0 Å². The third-order valence-corrected chi connectivity index (χ3v) is 5.96. The van der Waals surface area contributed by atoms with Crippen LogP contribution in [0, 0.1) is 0 Å². The number of nitrogens with zero attached hydrogens (tertiary/aromatic N) is 5. The van der Waals surface area contributed by atoms with E-state index in [9.17, 15) is 0 Å². The van der Waals surface area contributed by atoms with Crippen molar-refractivity contribution in [1.82, 2.24) is 19.6 Å². The molecule has 158 valence electrons. The zero-order chi connectivity index (χ0) is 20.6. The molecule has 1 aromatic carbocycles. The van der Waals surface area contributed by atoms with E-state index in [0.717, 1.165) is 68.4 Å². The fourth-order valence-corrected chi connectivity index (χ4v) is 4.25. The molecule has 1 aliphatic rings. The van der Waals surface area contributed by atoms with E-state index in [1.54, 1.807) is 7.11 Å². The summed E-state index contributed by atoms with van der Waals surface area (Å²) >= 11 is 1.50. The first-order valence-corrected chi connectivity index (χ1v) is 11.2. The van der Waals surface area contributed by atoms with E-state index in [1.165, 1.54) is 17.1 Å². The summed E-state index contributed by atoms with van der Waals surface area (Å²) in [5, 5.41) is 4.49. The standard InChI is InChI=1S/C21H32N6OS/c1-5-19-24-21(29-25-19)27-13-11-26(12-14-27)20(22-6-2)23-15-16(3)17-9-7-8-10-18(17)28-4/h7-10,16H,5-6,11-15H2,1-4H3,(H,22,23). The van der Waals surface area contributed by atoms with E-state index in [1.807, 2.05) is 12.1 Å². The lowest BCUT2D eigenvalue weighted by Crippen LogP contribution is -2.52. The van der Waals surface area contributed by atoms with Crippen LogP contribution in [0.5, 0.6) is 5.75 Å². The predicted molar refractivity (Wildman–Crippen MR) is 120 cm³/mol. The van der Waals surface area contributed by atoms with Crippen LogP contribution in [-0.2, 0) is 6.42 Å². The van der Waals surface area contributed by atoms with Crippen molar-refractivity contribution in [1.29, 1.82) is 0 Å². The van der Waals surface area contributed by atoms with Gasteiger partial charge < -0.3 is 19.9 Å². The molecule has 0 aliphatic carbocycles. The molecule has 0 amide bonds. The van der Waals surface area contributed by atoms with Gasteiger partial charge in [-0.05, 0) is 18.6 Å². The summed E-state index contributed by atoms with van der Waals surface area (Å²) in [4.78, 5) is 14.2. The Morgan fingerprint density at radius 1 is 1.24 bits per heavy atom. The second-order valence-electron chi connectivity index (χ2n) is 7.16. The maximum absolute atomic E-state index is 5.51. The van der Waals surface area contributed by atoms with Gasteiger partial charge in [-0.1, -0.05) is 32.0 Å². The normalized spacial score (nSPS) is 16.1. The molecule has 7 nitrogen and oxygen atoms in total. The Morgan fingerprint density at radius 3 is 2.66 bits per heavy atom. The van der Waals surface area contributed by atoms with Crippen LogP contribution < -0.4 is 15.0 Å². The minimum absolute atomic E-state index is 0.287. The van der Waals surface area contributed by atoms with E-state index < -0.39 is 0 Å². The van der Waals surface area contributed by atoms with Gasteiger partial charge >= 0.3 is 0 Å². The summed E-state index contributed by atoms with van der Waals surface area (Å²) in [6.07, 6.45) is 0.887. The van der Waals surface area contributed by atoms with Crippen molar-refractivity contribution in [3.63, 3.8) is 0 Å². The molecular formula is C21H32N6OS. The van der Waals surface area contributed by atoms with Gasteiger partial charge in [-0.3, -0.25) is 4.99 Å². The third-order valence-electron chi connectivity index (χ3n) is 5.14. The number of nitrogens with one attached hydrogen (secondary N) is 1. The molecule has 1 saturated heterocycles. The minimum atomic E-state index is 0.287. The van der Waals surface area contributed by atoms with Crippen molar-refractivity contribution in [2.45, 2.75) is 33.1 Å². The largest absolute Gasteiger partial charge is 0.496 e. The number of aromatic nitrogens is 2. The molecule has 0 saturated carbocycles. The van der Waals surface area contributed by atoms with Gasteiger partial charge in [0.2, 0.25) is 5.13 Å². The summed E-state index contributed by atoms with van der Waals surface area (Å²) in [5.41, 5.74) is 1.20. The van der Waals surface area contributed by atoms with Crippen molar-refractivity contribution in [2.75, 3.05) is 51.3 Å². The lowest BCUT2D eigenvalue weighted by atomic mass is 10.0. The van der Waals surface area contributed by atoms with Crippen molar-refractivity contribution in [3.8, 4) is 5.75 Å². The molecule has 2 heterocycles. The summed E-state index contributed by atoms with van der Waals surface area (Å²) in [6, 6.07) is 8.19. The van der Waals surface area contributed by atoms with Gasteiger partial charge in [-0.25, -0.2) is 4.98 Å². The molecule has 1 aromatic heterocycles. The Labute approximate surface area is 178 Å². The Hall–Kier alpha value is -2.35. The number of guanidine groups is 1. The minimum Gasteiger partial charge on any atom is -0.496 e. The van der Waals surface area contributed by atoms with Crippen molar-refractivity contribution in [2.24, 2.45) is 4.99 Å². The van der Waals surface area contributed by atoms with Crippen molar-refractivity contribution in [3.05, 3.63) is 35.7 Å². The zero-order valence-electron chi connectivity index (χ0n) is 17.9. The number of anilines is 1. The van der Waals surface area contributed by atoms with Gasteiger partial charge in [0.05, 0.1) is 7.11 Å². The topological polar surface area (TPSA) is 65.9 Å². The van der Waals surface area contributed by atoms with E-state index in [0.29, 0.717) is 0 Å². The number of ether oxygens (including phenoxy) is 1. The predicted octanol–water partition coefficient (Wildman–Crippen LogP) is 3.00.